The summed E-state index contributed by atoms with van der Waals surface area (Å²) in [5, 5.41) is 4.78. The van der Waals surface area contributed by atoms with Crippen LogP contribution in [-0.2, 0) is 9.53 Å². The Labute approximate surface area is 136 Å². The molecule has 0 aliphatic rings. The SMILES string of the molecule is COCC(N)C(=O)Nc1nc(-c2c[nH]c(C(N)=O)c2)cs1.Cl. The monoisotopic (exact) mass is 345 g/mol. The summed E-state index contributed by atoms with van der Waals surface area (Å²) in [6, 6.07) is 0.843. The Morgan fingerprint density at radius 2 is 2.27 bits per heavy atom. The molecular weight excluding hydrogens is 330 g/mol. The Morgan fingerprint density at radius 1 is 1.55 bits per heavy atom. The minimum Gasteiger partial charge on any atom is -0.383 e. The van der Waals surface area contributed by atoms with Crippen LogP contribution in [0.2, 0.25) is 0 Å². The molecule has 2 amide bonds. The zero-order valence-electron chi connectivity index (χ0n) is 11.7. The largest absolute Gasteiger partial charge is 0.383 e. The summed E-state index contributed by atoms with van der Waals surface area (Å²) in [6.07, 6.45) is 1.62. The smallest absolute Gasteiger partial charge is 0.265 e. The van der Waals surface area contributed by atoms with Crippen LogP contribution >= 0.6 is 23.7 Å². The first kappa shape index (κ1) is 18.1. The van der Waals surface area contributed by atoms with Crippen molar-refractivity contribution in [3.05, 3.63) is 23.3 Å². The summed E-state index contributed by atoms with van der Waals surface area (Å²) in [6.45, 7) is 0.129. The number of nitrogens with two attached hydrogens (primary N) is 2. The normalized spacial score (nSPS) is 11.5. The molecule has 6 N–H and O–H groups in total. The predicted octanol–water partition coefficient (Wildman–Crippen LogP) is 0.571. The van der Waals surface area contributed by atoms with Gasteiger partial charge in [0.15, 0.2) is 5.13 Å². The number of hydrogen-bond donors (Lipinski definition) is 4. The van der Waals surface area contributed by atoms with E-state index in [-0.39, 0.29) is 24.9 Å². The molecule has 120 valence electrons. The molecule has 2 heterocycles. The number of ether oxygens (including phenoxy) is 1. The number of carbonyl (C=O) groups excluding carboxylic acids is 2. The van der Waals surface area contributed by atoms with Crippen LogP contribution in [0.25, 0.3) is 11.3 Å². The van der Waals surface area contributed by atoms with E-state index < -0.39 is 11.9 Å². The van der Waals surface area contributed by atoms with Crippen molar-refractivity contribution in [1.29, 1.82) is 0 Å². The average molecular weight is 346 g/mol. The van der Waals surface area contributed by atoms with E-state index in [0.717, 1.165) is 0 Å². The lowest BCUT2D eigenvalue weighted by molar-refractivity contribution is -0.118. The maximum Gasteiger partial charge on any atom is 0.265 e. The van der Waals surface area contributed by atoms with Crippen molar-refractivity contribution in [1.82, 2.24) is 9.97 Å². The number of aromatic amines is 1. The molecule has 22 heavy (non-hydrogen) atoms. The Bertz CT molecular complexity index is 657. The highest BCUT2D eigenvalue weighted by Crippen LogP contribution is 2.25. The van der Waals surface area contributed by atoms with Crippen molar-refractivity contribution in [2.24, 2.45) is 11.5 Å². The number of hydrogen-bond acceptors (Lipinski definition) is 6. The molecule has 0 fully saturated rings. The Morgan fingerprint density at radius 3 is 2.86 bits per heavy atom. The number of thiazole rings is 1. The topological polar surface area (TPSA) is 136 Å². The van der Waals surface area contributed by atoms with Crippen LogP contribution in [0.1, 0.15) is 10.5 Å². The maximum atomic E-state index is 11.7. The molecule has 2 aromatic heterocycles. The summed E-state index contributed by atoms with van der Waals surface area (Å²) in [5.74, 6) is -0.916. The first-order chi connectivity index (χ1) is 10.0. The number of nitrogens with one attached hydrogen (secondary N) is 2. The second-order valence-electron chi connectivity index (χ2n) is 4.26. The molecule has 2 aromatic rings. The number of primary amides is 1. The van der Waals surface area contributed by atoms with E-state index in [2.05, 4.69) is 15.3 Å². The number of nitrogens with zero attached hydrogens (tertiary/aromatic N) is 1. The third-order valence-corrected chi connectivity index (χ3v) is 3.42. The number of rotatable bonds is 6. The fraction of sp³-hybridized carbons (Fsp3) is 0.250. The summed E-state index contributed by atoms with van der Waals surface area (Å²) in [7, 11) is 1.47. The highest BCUT2D eigenvalue weighted by molar-refractivity contribution is 7.14. The highest BCUT2D eigenvalue weighted by atomic mass is 35.5. The van der Waals surface area contributed by atoms with Crippen molar-refractivity contribution >= 4 is 40.7 Å². The van der Waals surface area contributed by atoms with Crippen molar-refractivity contribution in [2.75, 3.05) is 19.0 Å². The molecule has 0 saturated heterocycles. The maximum absolute atomic E-state index is 11.7. The van der Waals surface area contributed by atoms with Crippen LogP contribution in [0.15, 0.2) is 17.6 Å². The van der Waals surface area contributed by atoms with Gasteiger partial charge in [0.2, 0.25) is 5.91 Å². The van der Waals surface area contributed by atoms with E-state index in [9.17, 15) is 9.59 Å². The number of halogens is 1. The standard InChI is InChI=1S/C12H15N5O3S.ClH/c1-20-4-7(13)11(19)17-12-16-9(5-21-12)6-2-8(10(14)18)15-3-6;/h2-3,5,7,15H,4,13H2,1H3,(H2,14,18)(H,16,17,19);1H. The zero-order chi connectivity index (χ0) is 15.4. The van der Waals surface area contributed by atoms with Crippen molar-refractivity contribution < 1.29 is 14.3 Å². The molecular formula is C12H16ClN5O3S. The lowest BCUT2D eigenvalue weighted by Gasteiger charge is -2.08. The molecule has 8 nitrogen and oxygen atoms in total. The van der Waals surface area contributed by atoms with E-state index in [0.29, 0.717) is 22.1 Å². The van der Waals surface area contributed by atoms with Crippen molar-refractivity contribution in [3.63, 3.8) is 0 Å². The van der Waals surface area contributed by atoms with Gasteiger partial charge in [0.25, 0.3) is 5.91 Å². The Hall–Kier alpha value is -1.94. The Kier molecular flexibility index (Phi) is 6.50. The molecule has 0 aliphatic heterocycles. The molecule has 1 unspecified atom stereocenters. The lowest BCUT2D eigenvalue weighted by Crippen LogP contribution is -2.39. The molecule has 0 aliphatic carbocycles. The Balaban J connectivity index is 0.00000242. The quantitative estimate of drug-likeness (QED) is 0.606. The molecule has 0 bridgehead atoms. The number of anilines is 1. The molecule has 10 heteroatoms. The summed E-state index contributed by atoms with van der Waals surface area (Å²) < 4.78 is 4.81. The second-order valence-corrected chi connectivity index (χ2v) is 5.11. The lowest BCUT2D eigenvalue weighted by atomic mass is 10.2. The van der Waals surface area contributed by atoms with Gasteiger partial charge in [0, 0.05) is 24.3 Å². The van der Waals surface area contributed by atoms with Crippen LogP contribution in [0.4, 0.5) is 5.13 Å². The fourth-order valence-corrected chi connectivity index (χ4v) is 2.32. The molecule has 0 saturated carbocycles. The van der Waals surface area contributed by atoms with Gasteiger partial charge in [-0.25, -0.2) is 4.98 Å². The summed E-state index contributed by atoms with van der Waals surface area (Å²) in [5.41, 5.74) is 12.4. The first-order valence-electron chi connectivity index (χ1n) is 6.00. The van der Waals surface area contributed by atoms with Gasteiger partial charge in [0.05, 0.1) is 12.3 Å². The highest BCUT2D eigenvalue weighted by Gasteiger charge is 2.15. The molecule has 1 atom stereocenters. The van der Waals surface area contributed by atoms with Gasteiger partial charge >= 0.3 is 0 Å². The number of aromatic nitrogens is 2. The van der Waals surface area contributed by atoms with Gasteiger partial charge < -0.3 is 26.5 Å². The van der Waals surface area contributed by atoms with Gasteiger partial charge in [-0.2, -0.15) is 0 Å². The number of carbonyl (C=O) groups is 2. The van der Waals surface area contributed by atoms with E-state index in [1.165, 1.54) is 18.4 Å². The van der Waals surface area contributed by atoms with Crippen LogP contribution in [0.3, 0.4) is 0 Å². The van der Waals surface area contributed by atoms with Crippen molar-refractivity contribution in [3.8, 4) is 11.3 Å². The minimum atomic E-state index is -0.754. The van der Waals surface area contributed by atoms with E-state index in [4.69, 9.17) is 16.2 Å². The van der Waals surface area contributed by atoms with Crippen molar-refractivity contribution in [2.45, 2.75) is 6.04 Å². The molecule has 0 spiro atoms. The van der Waals surface area contributed by atoms with Gasteiger partial charge in [-0.3, -0.25) is 9.59 Å². The predicted molar refractivity (Wildman–Crippen MR) is 86.1 cm³/mol. The van der Waals surface area contributed by atoms with E-state index in [1.807, 2.05) is 0 Å². The fourth-order valence-electron chi connectivity index (χ4n) is 1.60. The van der Waals surface area contributed by atoms with E-state index in [1.54, 1.807) is 17.6 Å². The summed E-state index contributed by atoms with van der Waals surface area (Å²) in [4.78, 5) is 29.8. The third-order valence-electron chi connectivity index (χ3n) is 2.66. The minimum absolute atomic E-state index is 0. The van der Waals surface area contributed by atoms with Gasteiger partial charge in [0.1, 0.15) is 11.7 Å². The van der Waals surface area contributed by atoms with E-state index >= 15 is 0 Å². The van der Waals surface area contributed by atoms with Crippen LogP contribution < -0.4 is 16.8 Å². The van der Waals surface area contributed by atoms with Gasteiger partial charge in [-0.1, -0.05) is 0 Å². The molecule has 0 radical (unpaired) electrons. The van der Waals surface area contributed by atoms with Gasteiger partial charge in [-0.05, 0) is 6.07 Å². The van der Waals surface area contributed by atoms with Gasteiger partial charge in [-0.15, -0.1) is 23.7 Å². The number of H-pyrrole nitrogens is 1. The molecule has 2 rings (SSSR count). The van der Waals surface area contributed by atoms with Crippen LogP contribution in [-0.4, -0.2) is 41.5 Å². The first-order valence-corrected chi connectivity index (χ1v) is 6.88. The second kappa shape index (κ2) is 7.90. The summed E-state index contributed by atoms with van der Waals surface area (Å²) >= 11 is 1.26. The average Bonchev–Trinajstić information content (AvgIpc) is 3.06. The van der Waals surface area contributed by atoms with Crippen LogP contribution in [0.5, 0.6) is 0 Å². The van der Waals surface area contributed by atoms with Crippen LogP contribution in [0, 0.1) is 0 Å². The number of amides is 2. The number of methoxy groups -OCH3 is 1. The zero-order valence-corrected chi connectivity index (χ0v) is 13.3. The molecule has 0 aromatic carbocycles. The third kappa shape index (κ3) is 4.28.